The van der Waals surface area contributed by atoms with Gasteiger partial charge in [-0.2, -0.15) is 0 Å². The Bertz CT molecular complexity index is 22.4. The summed E-state index contributed by atoms with van der Waals surface area (Å²) in [6.07, 6.45) is 0. The average Bonchev–Trinajstić information content (AvgIpc) is 1.76. The minimum absolute atomic E-state index is 0. The van der Waals surface area contributed by atoms with Crippen LogP contribution >= 0.6 is 11.8 Å². The Labute approximate surface area is 44.0 Å². The van der Waals surface area contributed by atoms with Gasteiger partial charge in [0.2, 0.25) is 0 Å². The Morgan fingerprint density at radius 1 is 1.50 bits per heavy atom. The van der Waals surface area contributed by atoms with Crippen molar-refractivity contribution in [1.82, 2.24) is 0 Å². The summed E-state index contributed by atoms with van der Waals surface area (Å²) >= 11 is 1.85. The van der Waals surface area contributed by atoms with Gasteiger partial charge in [0.25, 0.3) is 0 Å². The lowest BCUT2D eigenvalue weighted by Gasteiger charge is -1.75. The average molecular weight is 101 g/mol. The third-order valence-corrected chi connectivity index (χ3v) is 1.33. The van der Waals surface area contributed by atoms with Crippen LogP contribution in [0.3, 0.4) is 0 Å². The van der Waals surface area contributed by atoms with Gasteiger partial charge in [-0.05, 0) is 0 Å². The second-order valence-corrected chi connectivity index (χ2v) is 1.99. The summed E-state index contributed by atoms with van der Waals surface area (Å²) in [7, 11) is 0. The molecule has 3 radical (unpaired) electrons. The Hall–Kier alpha value is 0.375. The van der Waals surface area contributed by atoms with E-state index in [9.17, 15) is 0 Å². The van der Waals surface area contributed by atoms with Crippen molar-refractivity contribution >= 4 is 20.2 Å². The molecule has 1 nitrogen and oxygen atoms in total. The van der Waals surface area contributed by atoms with E-state index in [1.54, 1.807) is 0 Å². The molecule has 0 spiro atoms. The van der Waals surface area contributed by atoms with Gasteiger partial charge in [0.15, 0.2) is 0 Å². The molecule has 0 aromatic rings. The van der Waals surface area contributed by atoms with Gasteiger partial charge in [-0.25, -0.2) is 0 Å². The lowest BCUT2D eigenvalue weighted by molar-refractivity contribution is 0.217. The maximum Gasteiger partial charge on any atom is 0.0922 e. The zero-order chi connectivity index (χ0) is 3.54. The molecule has 1 aliphatic heterocycles. The number of hydrogen-bond acceptors (Lipinski definition) is 2. The fraction of sp³-hybridized carbons (Fsp3) is 1.00. The van der Waals surface area contributed by atoms with Crippen LogP contribution in [0.1, 0.15) is 0 Å². The fourth-order valence-corrected chi connectivity index (χ4v) is 0.884. The molecule has 0 aromatic heterocycles. The molecule has 0 aliphatic carbocycles. The predicted octanol–water partition coefficient (Wildman–Crippen LogP) is 0.327. The summed E-state index contributed by atoms with van der Waals surface area (Å²) in [5.74, 6) is 2.11. The first-order chi connectivity index (χ1) is 2.50. The quantitative estimate of drug-likeness (QED) is 0.406. The van der Waals surface area contributed by atoms with E-state index >= 15 is 0 Å². The molecule has 3 heteroatoms. The fourth-order valence-electron chi connectivity index (χ4n) is 0.295. The first-order valence-corrected chi connectivity index (χ1v) is 2.81. The van der Waals surface area contributed by atoms with Gasteiger partial charge >= 0.3 is 0 Å². The molecule has 1 aliphatic rings. The van der Waals surface area contributed by atoms with Crippen LogP contribution in [0.4, 0.5) is 0 Å². The second kappa shape index (κ2) is 3.56. The molecule has 0 N–H and O–H groups in total. The lowest BCUT2D eigenvalue weighted by Crippen LogP contribution is -1.77. The van der Waals surface area contributed by atoms with E-state index in [0.29, 0.717) is 0 Å². The van der Waals surface area contributed by atoms with E-state index < -0.39 is 0 Å². The number of ether oxygens (including phenoxy) is 1. The van der Waals surface area contributed by atoms with Crippen LogP contribution in [0.15, 0.2) is 0 Å². The van der Waals surface area contributed by atoms with E-state index in [2.05, 4.69) is 0 Å². The van der Waals surface area contributed by atoms with Crippen molar-refractivity contribution in [3.8, 4) is 0 Å². The Kier molecular flexibility index (Phi) is 3.78. The number of hydrogen-bond donors (Lipinski definition) is 0. The molecule has 1 rings (SSSR count). The lowest BCUT2D eigenvalue weighted by atomic mass is 10.8. The number of thioether (sulfide) groups is 1. The Balaban J connectivity index is 0.000000250. The zero-order valence-corrected chi connectivity index (χ0v) is 4.33. The van der Waals surface area contributed by atoms with Crippen molar-refractivity contribution in [3.05, 3.63) is 0 Å². The monoisotopic (exact) mass is 101 g/mol. The van der Waals surface area contributed by atoms with Crippen molar-refractivity contribution in [2.75, 3.05) is 18.3 Å². The van der Waals surface area contributed by atoms with Crippen molar-refractivity contribution in [1.29, 1.82) is 0 Å². The molecule has 33 valence electrons. The summed E-state index contributed by atoms with van der Waals surface area (Å²) in [6.45, 7) is 0.963. The molecule has 1 saturated heterocycles. The van der Waals surface area contributed by atoms with Gasteiger partial charge in [-0.15, -0.1) is 11.8 Å². The first-order valence-electron chi connectivity index (χ1n) is 1.65. The third-order valence-electron chi connectivity index (χ3n) is 0.539. The second-order valence-electron chi connectivity index (χ2n) is 0.934. The first kappa shape index (κ1) is 6.37. The topological polar surface area (TPSA) is 9.23 Å². The highest BCUT2D eigenvalue weighted by Crippen LogP contribution is 2.06. The summed E-state index contributed by atoms with van der Waals surface area (Å²) in [5.41, 5.74) is 0. The molecular weight excluding hydrogens is 94.9 g/mol. The predicted molar refractivity (Wildman–Crippen MR) is 29.0 cm³/mol. The molecule has 0 bridgehead atoms. The Morgan fingerprint density at radius 2 is 2.33 bits per heavy atom. The van der Waals surface area contributed by atoms with E-state index in [1.807, 2.05) is 11.8 Å². The minimum atomic E-state index is 0. The molecule has 0 aromatic carbocycles. The van der Waals surface area contributed by atoms with Crippen LogP contribution in [0.5, 0.6) is 0 Å². The molecule has 0 atom stereocenters. The molecule has 0 saturated carbocycles. The number of rotatable bonds is 0. The Morgan fingerprint density at radius 3 is 2.50 bits per heavy atom. The van der Waals surface area contributed by atoms with E-state index in [0.717, 1.165) is 12.5 Å². The maximum absolute atomic E-state index is 4.91. The van der Waals surface area contributed by atoms with Crippen molar-refractivity contribution in [2.24, 2.45) is 0 Å². The van der Waals surface area contributed by atoms with Gasteiger partial charge in [0, 0.05) is 14.2 Å². The van der Waals surface area contributed by atoms with Gasteiger partial charge in [0.05, 0.1) is 12.5 Å². The molecule has 1 fully saturated rings. The largest absolute Gasteiger partial charge is 0.370 e. The van der Waals surface area contributed by atoms with Crippen LogP contribution in [-0.2, 0) is 4.74 Å². The van der Waals surface area contributed by atoms with Crippen LogP contribution in [-0.4, -0.2) is 26.7 Å². The molecule has 0 amide bonds. The molecule has 0 unspecified atom stereocenters. The SMILES string of the molecule is C1CSCO1.[B]. The highest BCUT2D eigenvalue weighted by atomic mass is 32.2. The highest BCUT2D eigenvalue weighted by molar-refractivity contribution is 7.99. The maximum atomic E-state index is 4.91. The van der Waals surface area contributed by atoms with Gasteiger partial charge in [-0.1, -0.05) is 0 Å². The van der Waals surface area contributed by atoms with Crippen molar-refractivity contribution in [2.45, 2.75) is 0 Å². The van der Waals surface area contributed by atoms with Gasteiger partial charge in [0.1, 0.15) is 0 Å². The van der Waals surface area contributed by atoms with E-state index in [4.69, 9.17) is 4.74 Å². The summed E-state index contributed by atoms with van der Waals surface area (Å²) < 4.78 is 4.91. The van der Waals surface area contributed by atoms with Crippen molar-refractivity contribution in [3.63, 3.8) is 0 Å². The highest BCUT2D eigenvalue weighted by Gasteiger charge is 1.94. The van der Waals surface area contributed by atoms with Crippen LogP contribution < -0.4 is 0 Å². The zero-order valence-electron chi connectivity index (χ0n) is 3.52. The van der Waals surface area contributed by atoms with Gasteiger partial charge < -0.3 is 4.74 Å². The third kappa shape index (κ3) is 1.72. The van der Waals surface area contributed by atoms with Gasteiger partial charge in [-0.3, -0.25) is 0 Å². The normalized spacial score (nSPS) is 20.0. The summed E-state index contributed by atoms with van der Waals surface area (Å²) in [6, 6.07) is 0. The molecule has 6 heavy (non-hydrogen) atoms. The summed E-state index contributed by atoms with van der Waals surface area (Å²) in [4.78, 5) is 0. The smallest absolute Gasteiger partial charge is 0.0922 e. The summed E-state index contributed by atoms with van der Waals surface area (Å²) in [5, 5.41) is 0. The molecular formula is C3H6BOS. The van der Waals surface area contributed by atoms with E-state index in [-0.39, 0.29) is 8.41 Å². The van der Waals surface area contributed by atoms with Crippen LogP contribution in [0.2, 0.25) is 0 Å². The molecule has 1 heterocycles. The van der Waals surface area contributed by atoms with E-state index in [1.165, 1.54) is 5.75 Å². The van der Waals surface area contributed by atoms with Crippen molar-refractivity contribution < 1.29 is 4.74 Å². The van der Waals surface area contributed by atoms with Crippen LogP contribution in [0.25, 0.3) is 0 Å². The minimum Gasteiger partial charge on any atom is -0.370 e. The standard InChI is InChI=1S/C3H6OS.B/c1-2-5-3-4-1;/h1-3H2;. The van der Waals surface area contributed by atoms with Crippen LogP contribution in [0, 0.1) is 0 Å².